The van der Waals surface area contributed by atoms with Crippen molar-refractivity contribution in [3.8, 4) is 0 Å². The van der Waals surface area contributed by atoms with Crippen molar-refractivity contribution in [3.63, 3.8) is 0 Å². The SMILES string of the molecule is CC.CC.OC1CCC1.OCCN1CCC(CCN2CCNCC2)CC1. The van der Waals surface area contributed by atoms with Gasteiger partial charge in [-0.05, 0) is 64.1 Å². The van der Waals surface area contributed by atoms with Gasteiger partial charge in [0, 0.05) is 32.7 Å². The fourth-order valence-electron chi connectivity index (χ4n) is 3.33. The highest BCUT2D eigenvalue weighted by atomic mass is 16.3. The van der Waals surface area contributed by atoms with Crippen LogP contribution in [-0.4, -0.2) is 85.1 Å². The van der Waals surface area contributed by atoms with Gasteiger partial charge in [0.05, 0.1) is 12.7 Å². The van der Waals surface area contributed by atoms with Gasteiger partial charge >= 0.3 is 0 Å². The molecule has 3 N–H and O–H groups in total. The number of nitrogens with one attached hydrogen (secondary N) is 1. The van der Waals surface area contributed by atoms with Crippen LogP contribution in [-0.2, 0) is 0 Å². The van der Waals surface area contributed by atoms with E-state index < -0.39 is 0 Å². The maximum atomic E-state index is 8.90. The van der Waals surface area contributed by atoms with Crippen LogP contribution in [0.15, 0.2) is 0 Å². The third kappa shape index (κ3) is 12.2. The highest BCUT2D eigenvalue weighted by Crippen LogP contribution is 2.20. The second kappa shape index (κ2) is 18.2. The van der Waals surface area contributed by atoms with Crippen molar-refractivity contribution >= 4 is 0 Å². The first kappa shape index (κ1) is 25.8. The third-order valence-electron chi connectivity index (χ3n) is 5.26. The first-order valence-corrected chi connectivity index (χ1v) is 11.2. The summed E-state index contributed by atoms with van der Waals surface area (Å²) in [4.78, 5) is 4.98. The molecule has 0 aromatic rings. The second-order valence-corrected chi connectivity index (χ2v) is 6.97. The van der Waals surface area contributed by atoms with E-state index in [0.29, 0.717) is 6.61 Å². The Hall–Kier alpha value is -0.200. The van der Waals surface area contributed by atoms with Crippen molar-refractivity contribution in [2.75, 3.05) is 59.0 Å². The number of aliphatic hydroxyl groups is 2. The summed E-state index contributed by atoms with van der Waals surface area (Å²) in [6.45, 7) is 17.6. The first-order chi connectivity index (χ1) is 12.8. The van der Waals surface area contributed by atoms with E-state index in [9.17, 15) is 0 Å². The average molecular weight is 374 g/mol. The van der Waals surface area contributed by atoms with E-state index in [0.717, 1.165) is 38.4 Å². The summed E-state index contributed by atoms with van der Waals surface area (Å²) in [5.41, 5.74) is 0. The minimum atomic E-state index is 0.0648. The van der Waals surface area contributed by atoms with Gasteiger partial charge in [-0.1, -0.05) is 27.7 Å². The summed E-state index contributed by atoms with van der Waals surface area (Å²) >= 11 is 0. The van der Waals surface area contributed by atoms with Crippen molar-refractivity contribution in [2.45, 2.75) is 72.3 Å². The highest BCUT2D eigenvalue weighted by molar-refractivity contribution is 4.75. The van der Waals surface area contributed by atoms with Crippen LogP contribution in [0.5, 0.6) is 0 Å². The van der Waals surface area contributed by atoms with Crippen molar-refractivity contribution in [1.29, 1.82) is 0 Å². The van der Waals surface area contributed by atoms with Gasteiger partial charge in [-0.3, -0.25) is 0 Å². The number of nitrogens with zero attached hydrogens (tertiary/aromatic N) is 2. The molecule has 1 aliphatic carbocycles. The quantitative estimate of drug-likeness (QED) is 0.691. The number of hydrogen-bond acceptors (Lipinski definition) is 5. The topological polar surface area (TPSA) is 59.0 Å². The van der Waals surface area contributed by atoms with E-state index in [-0.39, 0.29) is 6.10 Å². The van der Waals surface area contributed by atoms with E-state index in [1.807, 2.05) is 27.7 Å². The number of piperazine rings is 1. The third-order valence-corrected chi connectivity index (χ3v) is 5.26. The van der Waals surface area contributed by atoms with Gasteiger partial charge in [-0.2, -0.15) is 0 Å². The Labute approximate surface area is 163 Å². The average Bonchev–Trinajstić information content (AvgIpc) is 2.70. The number of β-amino-alcohol motifs (C(OH)–C–C–N with tert-alkyl or cyclic N) is 1. The number of aliphatic hydroxyl groups excluding tert-OH is 2. The zero-order valence-electron chi connectivity index (χ0n) is 18.1. The lowest BCUT2D eigenvalue weighted by Gasteiger charge is -2.33. The summed E-state index contributed by atoms with van der Waals surface area (Å²) in [5, 5.41) is 20.8. The van der Waals surface area contributed by atoms with Crippen molar-refractivity contribution in [3.05, 3.63) is 0 Å². The van der Waals surface area contributed by atoms with Crippen LogP contribution in [0.1, 0.15) is 66.2 Å². The van der Waals surface area contributed by atoms with E-state index in [1.165, 1.54) is 58.4 Å². The van der Waals surface area contributed by atoms with Gasteiger partial charge in [-0.25, -0.2) is 0 Å². The van der Waals surface area contributed by atoms with Crippen LogP contribution in [0.25, 0.3) is 0 Å². The van der Waals surface area contributed by atoms with Crippen molar-refractivity contribution in [2.24, 2.45) is 5.92 Å². The van der Waals surface area contributed by atoms with Gasteiger partial charge < -0.3 is 25.3 Å². The second-order valence-electron chi connectivity index (χ2n) is 6.97. The summed E-state index contributed by atoms with van der Waals surface area (Å²) < 4.78 is 0. The molecule has 5 heteroatoms. The lowest BCUT2D eigenvalue weighted by molar-refractivity contribution is 0.0950. The molecule has 0 aromatic carbocycles. The Morgan fingerprint density at radius 3 is 1.73 bits per heavy atom. The molecule has 0 radical (unpaired) electrons. The van der Waals surface area contributed by atoms with Crippen LogP contribution < -0.4 is 5.32 Å². The van der Waals surface area contributed by atoms with Crippen molar-refractivity contribution in [1.82, 2.24) is 15.1 Å². The molecule has 3 aliphatic rings. The van der Waals surface area contributed by atoms with E-state index in [1.54, 1.807) is 0 Å². The number of hydrogen-bond donors (Lipinski definition) is 3. The number of likely N-dealkylation sites (tertiary alicyclic amines) is 1. The molecular formula is C21H47N3O2. The predicted octanol–water partition coefficient (Wildman–Crippen LogP) is 2.57. The molecule has 0 bridgehead atoms. The van der Waals surface area contributed by atoms with E-state index in [2.05, 4.69) is 15.1 Å². The van der Waals surface area contributed by atoms with Gasteiger partial charge in [0.25, 0.3) is 0 Å². The van der Waals surface area contributed by atoms with Crippen LogP contribution in [0.4, 0.5) is 0 Å². The maximum Gasteiger partial charge on any atom is 0.0558 e. The molecule has 0 spiro atoms. The van der Waals surface area contributed by atoms with Crippen molar-refractivity contribution < 1.29 is 10.2 Å². The molecule has 3 fully saturated rings. The maximum absolute atomic E-state index is 8.90. The van der Waals surface area contributed by atoms with E-state index >= 15 is 0 Å². The minimum absolute atomic E-state index is 0.0648. The Morgan fingerprint density at radius 2 is 1.31 bits per heavy atom. The molecule has 0 aromatic heterocycles. The molecule has 0 amide bonds. The van der Waals surface area contributed by atoms with Gasteiger partial charge in [0.2, 0.25) is 0 Å². The van der Waals surface area contributed by atoms with Gasteiger partial charge in [0.15, 0.2) is 0 Å². The first-order valence-electron chi connectivity index (χ1n) is 11.2. The fourth-order valence-corrected chi connectivity index (χ4v) is 3.33. The molecule has 5 nitrogen and oxygen atoms in total. The monoisotopic (exact) mass is 373 g/mol. The van der Waals surface area contributed by atoms with Crippen LogP contribution in [0, 0.1) is 5.92 Å². The summed E-state index contributed by atoms with van der Waals surface area (Å²) in [5.74, 6) is 0.917. The highest BCUT2D eigenvalue weighted by Gasteiger charge is 2.19. The standard InChI is InChI=1S/C13H27N3O.C4H8O.2C2H6/c17-12-11-15-6-1-13(2-7-15)3-8-16-9-4-14-5-10-16;5-4-2-1-3-4;2*1-2/h13-14,17H,1-12H2;4-5H,1-3H2;2*1-2H3. The molecule has 158 valence electrons. The zero-order chi connectivity index (χ0) is 19.6. The normalized spacial score (nSPS) is 21.9. The molecule has 1 saturated carbocycles. The Kier molecular flexibility index (Phi) is 18.0. The molecule has 0 atom stereocenters. The minimum Gasteiger partial charge on any atom is -0.395 e. The Morgan fingerprint density at radius 1 is 0.808 bits per heavy atom. The molecule has 2 saturated heterocycles. The lowest BCUT2D eigenvalue weighted by Crippen LogP contribution is -2.44. The fraction of sp³-hybridized carbons (Fsp3) is 1.00. The largest absolute Gasteiger partial charge is 0.395 e. The zero-order valence-corrected chi connectivity index (χ0v) is 18.1. The van der Waals surface area contributed by atoms with Crippen LogP contribution in [0.3, 0.4) is 0 Å². The molecule has 2 heterocycles. The summed E-state index contributed by atoms with van der Waals surface area (Å²) in [6.07, 6.45) is 7.40. The van der Waals surface area contributed by atoms with Crippen LogP contribution >= 0.6 is 0 Å². The van der Waals surface area contributed by atoms with Gasteiger partial charge in [-0.15, -0.1) is 0 Å². The molecule has 2 aliphatic heterocycles. The van der Waals surface area contributed by atoms with Gasteiger partial charge in [0.1, 0.15) is 0 Å². The Balaban J connectivity index is 0.000000580. The molecule has 0 unspecified atom stereocenters. The molecule has 3 rings (SSSR count). The number of rotatable bonds is 5. The molecular weight excluding hydrogens is 326 g/mol. The van der Waals surface area contributed by atoms with Crippen LogP contribution in [0.2, 0.25) is 0 Å². The molecule has 26 heavy (non-hydrogen) atoms. The lowest BCUT2D eigenvalue weighted by atomic mass is 9.93. The number of piperidine rings is 1. The smallest absolute Gasteiger partial charge is 0.0558 e. The van der Waals surface area contributed by atoms with E-state index in [4.69, 9.17) is 10.2 Å². The Bertz CT molecular complexity index is 274. The summed E-state index contributed by atoms with van der Waals surface area (Å²) in [7, 11) is 0. The summed E-state index contributed by atoms with van der Waals surface area (Å²) in [6, 6.07) is 0. The predicted molar refractivity (Wildman–Crippen MR) is 113 cm³/mol.